The third-order valence-electron chi connectivity index (χ3n) is 2.61. The molecule has 0 heterocycles. The molecule has 4 heteroatoms. The summed E-state index contributed by atoms with van der Waals surface area (Å²) < 4.78 is 10.9. The summed E-state index contributed by atoms with van der Waals surface area (Å²) in [5.41, 5.74) is 0. The highest BCUT2D eigenvalue weighted by Gasteiger charge is 2.21. The molecule has 94 valence electrons. The summed E-state index contributed by atoms with van der Waals surface area (Å²) in [4.78, 5) is 11.3. The molecule has 0 saturated heterocycles. The molecular weight excluding hydrogens is 224 g/mol. The van der Waals surface area contributed by atoms with Gasteiger partial charge in [0.05, 0.1) is 0 Å². The van der Waals surface area contributed by atoms with Crippen LogP contribution in [0.4, 0.5) is 0 Å². The SMILES string of the molecule is CCOC(CSC1CCCC(=O)C1)OCC. The van der Waals surface area contributed by atoms with Crippen LogP contribution < -0.4 is 0 Å². The average molecular weight is 246 g/mol. The van der Waals surface area contributed by atoms with Crippen molar-refractivity contribution in [2.75, 3.05) is 19.0 Å². The van der Waals surface area contributed by atoms with Gasteiger partial charge in [-0.3, -0.25) is 4.79 Å². The number of hydrogen-bond acceptors (Lipinski definition) is 4. The Morgan fingerprint density at radius 2 is 2.06 bits per heavy atom. The molecule has 1 aliphatic rings. The molecule has 16 heavy (non-hydrogen) atoms. The number of ketones is 1. The topological polar surface area (TPSA) is 35.5 Å². The molecule has 0 spiro atoms. The first-order chi connectivity index (χ1) is 7.76. The Morgan fingerprint density at radius 1 is 1.38 bits per heavy atom. The number of thioether (sulfide) groups is 1. The van der Waals surface area contributed by atoms with Crippen LogP contribution in [-0.4, -0.2) is 36.3 Å². The summed E-state index contributed by atoms with van der Waals surface area (Å²) in [5, 5.41) is 0.477. The number of carbonyl (C=O) groups excluding carboxylic acids is 1. The van der Waals surface area contributed by atoms with Crippen molar-refractivity contribution in [3.8, 4) is 0 Å². The Labute approximate surface area is 102 Å². The Hall–Kier alpha value is -0.0600. The zero-order valence-corrected chi connectivity index (χ0v) is 11.1. The zero-order valence-electron chi connectivity index (χ0n) is 10.2. The minimum Gasteiger partial charge on any atom is -0.352 e. The highest BCUT2D eigenvalue weighted by Crippen LogP contribution is 2.27. The minimum absolute atomic E-state index is 0.114. The van der Waals surface area contributed by atoms with Crippen molar-refractivity contribution < 1.29 is 14.3 Å². The first-order valence-electron chi connectivity index (χ1n) is 6.12. The molecule has 1 fully saturated rings. The minimum atomic E-state index is -0.114. The predicted molar refractivity (Wildman–Crippen MR) is 66.8 cm³/mol. The quantitative estimate of drug-likeness (QED) is 0.647. The van der Waals surface area contributed by atoms with E-state index >= 15 is 0 Å². The average Bonchev–Trinajstić information content (AvgIpc) is 2.27. The van der Waals surface area contributed by atoms with Gasteiger partial charge in [-0.1, -0.05) is 0 Å². The largest absolute Gasteiger partial charge is 0.352 e. The van der Waals surface area contributed by atoms with Crippen LogP contribution in [-0.2, 0) is 14.3 Å². The highest BCUT2D eigenvalue weighted by atomic mass is 32.2. The number of hydrogen-bond donors (Lipinski definition) is 0. The predicted octanol–water partition coefficient (Wildman–Crippen LogP) is 2.63. The van der Waals surface area contributed by atoms with Crippen molar-refractivity contribution in [3.05, 3.63) is 0 Å². The summed E-state index contributed by atoms with van der Waals surface area (Å²) in [5.74, 6) is 1.24. The number of ether oxygens (including phenoxy) is 2. The summed E-state index contributed by atoms with van der Waals surface area (Å²) in [6, 6.07) is 0. The van der Waals surface area contributed by atoms with E-state index in [1.54, 1.807) is 0 Å². The van der Waals surface area contributed by atoms with Crippen molar-refractivity contribution in [2.24, 2.45) is 0 Å². The normalized spacial score (nSPS) is 21.7. The van der Waals surface area contributed by atoms with Crippen molar-refractivity contribution in [2.45, 2.75) is 51.1 Å². The lowest BCUT2D eigenvalue weighted by Gasteiger charge is -2.23. The summed E-state index contributed by atoms with van der Waals surface area (Å²) >= 11 is 1.82. The Bertz CT molecular complexity index is 202. The van der Waals surface area contributed by atoms with Gasteiger partial charge in [0.2, 0.25) is 0 Å². The van der Waals surface area contributed by atoms with Crippen LogP contribution in [0, 0.1) is 0 Å². The van der Waals surface area contributed by atoms with Gasteiger partial charge < -0.3 is 9.47 Å². The molecule has 1 saturated carbocycles. The van der Waals surface area contributed by atoms with Crippen LogP contribution in [0.5, 0.6) is 0 Å². The molecule has 0 N–H and O–H groups in total. The maximum absolute atomic E-state index is 11.3. The highest BCUT2D eigenvalue weighted by molar-refractivity contribution is 7.99. The number of rotatable bonds is 7. The second-order valence-electron chi connectivity index (χ2n) is 3.93. The molecule has 1 aliphatic carbocycles. The van der Waals surface area contributed by atoms with Crippen LogP contribution in [0.1, 0.15) is 39.5 Å². The molecule has 1 rings (SSSR count). The first kappa shape index (κ1) is 14.0. The molecule has 0 bridgehead atoms. The van der Waals surface area contributed by atoms with Gasteiger partial charge in [-0.2, -0.15) is 11.8 Å². The van der Waals surface area contributed by atoms with Gasteiger partial charge in [0.1, 0.15) is 5.78 Å². The van der Waals surface area contributed by atoms with E-state index in [9.17, 15) is 4.79 Å². The molecule has 1 unspecified atom stereocenters. The fourth-order valence-electron chi connectivity index (χ4n) is 1.86. The van der Waals surface area contributed by atoms with Gasteiger partial charge >= 0.3 is 0 Å². The monoisotopic (exact) mass is 246 g/mol. The Kier molecular flexibility index (Phi) is 7.08. The van der Waals surface area contributed by atoms with Gasteiger partial charge in [-0.15, -0.1) is 0 Å². The molecular formula is C12H22O3S. The van der Waals surface area contributed by atoms with E-state index in [0.29, 0.717) is 24.2 Å². The third kappa shape index (κ3) is 5.32. The van der Waals surface area contributed by atoms with Gasteiger partial charge in [0.25, 0.3) is 0 Å². The van der Waals surface area contributed by atoms with E-state index in [1.165, 1.54) is 0 Å². The molecule has 0 aromatic rings. The molecule has 0 amide bonds. The zero-order chi connectivity index (χ0) is 11.8. The maximum atomic E-state index is 11.3. The Balaban J connectivity index is 2.22. The van der Waals surface area contributed by atoms with Crippen LogP contribution in [0.25, 0.3) is 0 Å². The van der Waals surface area contributed by atoms with Gasteiger partial charge in [0, 0.05) is 37.1 Å². The molecule has 1 atom stereocenters. The van der Waals surface area contributed by atoms with E-state index in [-0.39, 0.29) is 6.29 Å². The van der Waals surface area contributed by atoms with Crippen molar-refractivity contribution in [1.82, 2.24) is 0 Å². The van der Waals surface area contributed by atoms with Crippen LogP contribution >= 0.6 is 11.8 Å². The van der Waals surface area contributed by atoms with E-state index in [4.69, 9.17) is 9.47 Å². The first-order valence-corrected chi connectivity index (χ1v) is 7.17. The smallest absolute Gasteiger partial charge is 0.166 e. The lowest BCUT2D eigenvalue weighted by molar-refractivity contribution is -0.121. The summed E-state index contributed by atoms with van der Waals surface area (Å²) in [7, 11) is 0. The molecule has 0 aromatic carbocycles. The summed E-state index contributed by atoms with van der Waals surface area (Å²) in [6.45, 7) is 5.30. The molecule has 0 aromatic heterocycles. The second kappa shape index (κ2) is 8.09. The Morgan fingerprint density at radius 3 is 2.62 bits per heavy atom. The van der Waals surface area contributed by atoms with Gasteiger partial charge in [-0.05, 0) is 26.7 Å². The fourth-order valence-corrected chi connectivity index (χ4v) is 3.12. The van der Waals surface area contributed by atoms with Gasteiger partial charge in [-0.25, -0.2) is 0 Å². The second-order valence-corrected chi connectivity index (χ2v) is 5.26. The third-order valence-corrected chi connectivity index (χ3v) is 3.95. The standard InChI is InChI=1S/C12H22O3S/c1-3-14-12(15-4-2)9-16-11-7-5-6-10(13)8-11/h11-12H,3-9H2,1-2H3. The van der Waals surface area contributed by atoms with Crippen LogP contribution in [0.2, 0.25) is 0 Å². The van der Waals surface area contributed by atoms with E-state index in [0.717, 1.165) is 31.4 Å². The molecule has 0 aliphatic heterocycles. The van der Waals surface area contributed by atoms with E-state index in [2.05, 4.69) is 0 Å². The molecule has 0 radical (unpaired) electrons. The van der Waals surface area contributed by atoms with Crippen LogP contribution in [0.15, 0.2) is 0 Å². The van der Waals surface area contributed by atoms with Gasteiger partial charge in [0.15, 0.2) is 6.29 Å². The fraction of sp³-hybridized carbons (Fsp3) is 0.917. The van der Waals surface area contributed by atoms with Crippen molar-refractivity contribution in [3.63, 3.8) is 0 Å². The van der Waals surface area contributed by atoms with E-state index in [1.807, 2.05) is 25.6 Å². The van der Waals surface area contributed by atoms with E-state index < -0.39 is 0 Å². The lowest BCUT2D eigenvalue weighted by atomic mass is 9.99. The molecule has 3 nitrogen and oxygen atoms in total. The number of Topliss-reactive ketones (excluding diaryl/α,β-unsaturated/α-hetero) is 1. The maximum Gasteiger partial charge on any atom is 0.166 e. The van der Waals surface area contributed by atoms with Crippen molar-refractivity contribution >= 4 is 17.5 Å². The lowest BCUT2D eigenvalue weighted by Crippen LogP contribution is -2.24. The summed E-state index contributed by atoms with van der Waals surface area (Å²) in [6.07, 6.45) is 3.59. The number of carbonyl (C=O) groups is 1. The van der Waals surface area contributed by atoms with Crippen LogP contribution in [0.3, 0.4) is 0 Å². The van der Waals surface area contributed by atoms with Crippen molar-refractivity contribution in [1.29, 1.82) is 0 Å².